The van der Waals surface area contributed by atoms with Crippen LogP contribution in [0.3, 0.4) is 0 Å². The van der Waals surface area contributed by atoms with Gasteiger partial charge in [-0.1, -0.05) is 0 Å². The Labute approximate surface area is 118 Å². The minimum Gasteiger partial charge on any atom is -0.496 e. The zero-order valence-electron chi connectivity index (χ0n) is 11.6. The molecule has 1 aliphatic rings. The summed E-state index contributed by atoms with van der Waals surface area (Å²) >= 11 is 1.95. The van der Waals surface area contributed by atoms with Gasteiger partial charge in [-0.05, 0) is 32.3 Å². The third kappa shape index (κ3) is 3.22. The molecule has 1 aliphatic heterocycles. The van der Waals surface area contributed by atoms with Gasteiger partial charge in [0.2, 0.25) is 0 Å². The molecule has 0 bridgehead atoms. The zero-order valence-corrected chi connectivity index (χ0v) is 12.5. The maximum absolute atomic E-state index is 13.5. The number of ether oxygens (including phenoxy) is 1. The van der Waals surface area contributed by atoms with Gasteiger partial charge < -0.3 is 10.1 Å². The molecule has 1 fully saturated rings. The van der Waals surface area contributed by atoms with Crippen LogP contribution in [0.15, 0.2) is 18.2 Å². The molecule has 2 rings (SSSR count). The number of nitrogens with zero attached hydrogens (tertiary/aromatic N) is 1. The molecule has 0 saturated carbocycles. The summed E-state index contributed by atoms with van der Waals surface area (Å²) in [4.78, 5) is 2.34. The van der Waals surface area contributed by atoms with Gasteiger partial charge in [0.15, 0.2) is 0 Å². The first-order valence-corrected chi connectivity index (χ1v) is 7.61. The minimum absolute atomic E-state index is 0.0726. The van der Waals surface area contributed by atoms with Crippen LogP contribution in [0.1, 0.15) is 11.6 Å². The Morgan fingerprint density at radius 3 is 2.95 bits per heavy atom. The summed E-state index contributed by atoms with van der Waals surface area (Å²) in [5.41, 5.74) is 0.893. The van der Waals surface area contributed by atoms with E-state index in [2.05, 4.69) is 17.3 Å². The second-order valence-electron chi connectivity index (χ2n) is 4.78. The maximum atomic E-state index is 13.5. The van der Waals surface area contributed by atoms with Crippen LogP contribution < -0.4 is 10.1 Å². The third-order valence-corrected chi connectivity index (χ3v) is 4.71. The summed E-state index contributed by atoms with van der Waals surface area (Å²) in [6.07, 6.45) is 0. The lowest BCUT2D eigenvalue weighted by atomic mass is 9.98. The van der Waals surface area contributed by atoms with Crippen LogP contribution in [0.2, 0.25) is 0 Å². The van der Waals surface area contributed by atoms with E-state index in [-0.39, 0.29) is 11.9 Å². The Bertz CT molecular complexity index is 430. The molecule has 1 saturated heterocycles. The molecular weight excluding hydrogens is 263 g/mol. The van der Waals surface area contributed by atoms with Crippen LogP contribution >= 0.6 is 11.8 Å². The number of nitrogens with one attached hydrogen (secondary N) is 1. The van der Waals surface area contributed by atoms with Gasteiger partial charge in [0, 0.05) is 29.7 Å². The second kappa shape index (κ2) is 6.59. The van der Waals surface area contributed by atoms with Crippen LogP contribution in [-0.2, 0) is 0 Å². The summed E-state index contributed by atoms with van der Waals surface area (Å²) in [7, 11) is 5.67. The van der Waals surface area contributed by atoms with Crippen LogP contribution in [0.25, 0.3) is 0 Å². The van der Waals surface area contributed by atoms with Crippen molar-refractivity contribution in [3.8, 4) is 5.75 Å². The molecule has 5 heteroatoms. The van der Waals surface area contributed by atoms with Gasteiger partial charge in [0.25, 0.3) is 0 Å². The average molecular weight is 284 g/mol. The highest BCUT2D eigenvalue weighted by atomic mass is 32.2. The van der Waals surface area contributed by atoms with Crippen molar-refractivity contribution in [3.63, 3.8) is 0 Å². The van der Waals surface area contributed by atoms with E-state index in [0.717, 1.165) is 29.4 Å². The summed E-state index contributed by atoms with van der Waals surface area (Å²) in [5, 5.41) is 3.32. The van der Waals surface area contributed by atoms with E-state index in [9.17, 15) is 4.39 Å². The average Bonchev–Trinajstić information content (AvgIpc) is 2.42. The summed E-state index contributed by atoms with van der Waals surface area (Å²) in [6.45, 7) is 1.06. The number of hydrogen-bond acceptors (Lipinski definition) is 4. The highest BCUT2D eigenvalue weighted by Crippen LogP contribution is 2.32. The van der Waals surface area contributed by atoms with Crippen LogP contribution in [0, 0.1) is 5.82 Å². The molecule has 1 aromatic carbocycles. The van der Waals surface area contributed by atoms with Crippen molar-refractivity contribution in [2.75, 3.05) is 39.3 Å². The fraction of sp³-hybridized carbons (Fsp3) is 0.571. The maximum Gasteiger partial charge on any atom is 0.123 e. The second-order valence-corrected chi connectivity index (χ2v) is 5.93. The number of benzene rings is 1. The Morgan fingerprint density at radius 2 is 2.32 bits per heavy atom. The molecule has 1 N–H and O–H groups in total. The quantitative estimate of drug-likeness (QED) is 0.915. The van der Waals surface area contributed by atoms with E-state index in [4.69, 9.17) is 4.74 Å². The van der Waals surface area contributed by atoms with Gasteiger partial charge in [-0.2, -0.15) is 11.8 Å². The van der Waals surface area contributed by atoms with Crippen molar-refractivity contribution in [1.29, 1.82) is 0 Å². The summed E-state index contributed by atoms with van der Waals surface area (Å²) in [5.74, 6) is 2.72. The van der Waals surface area contributed by atoms with Gasteiger partial charge >= 0.3 is 0 Å². The third-order valence-electron chi connectivity index (χ3n) is 3.67. The fourth-order valence-corrected chi connectivity index (χ4v) is 3.83. The lowest BCUT2D eigenvalue weighted by Gasteiger charge is -2.38. The van der Waals surface area contributed by atoms with Gasteiger partial charge in [-0.3, -0.25) is 4.90 Å². The first-order chi connectivity index (χ1) is 9.17. The highest BCUT2D eigenvalue weighted by Gasteiger charge is 2.30. The van der Waals surface area contributed by atoms with E-state index in [1.807, 2.05) is 18.8 Å². The van der Waals surface area contributed by atoms with Crippen molar-refractivity contribution in [2.24, 2.45) is 0 Å². The fourth-order valence-electron chi connectivity index (χ4n) is 2.56. The van der Waals surface area contributed by atoms with Gasteiger partial charge in [0.1, 0.15) is 11.6 Å². The van der Waals surface area contributed by atoms with Gasteiger partial charge in [0.05, 0.1) is 13.2 Å². The standard InChI is InChI=1S/C14H21FN2OS/c1-16-14(12-9-19-7-6-17(12)2)11-8-10(15)4-5-13(11)18-3/h4-5,8,12,14,16H,6-7,9H2,1-3H3. The van der Waals surface area contributed by atoms with E-state index in [1.165, 1.54) is 6.07 Å². The molecule has 2 unspecified atom stereocenters. The van der Waals surface area contributed by atoms with Crippen molar-refractivity contribution < 1.29 is 9.13 Å². The number of methoxy groups -OCH3 is 1. The molecule has 106 valence electrons. The normalized spacial score (nSPS) is 22.2. The molecule has 0 amide bonds. The monoisotopic (exact) mass is 284 g/mol. The van der Waals surface area contributed by atoms with Crippen molar-refractivity contribution in [3.05, 3.63) is 29.6 Å². The first kappa shape index (κ1) is 14.6. The molecule has 1 heterocycles. The molecule has 1 aromatic rings. The molecule has 0 aliphatic carbocycles. The molecule has 3 nitrogen and oxygen atoms in total. The predicted octanol–water partition coefficient (Wildman–Crippen LogP) is 2.14. The summed E-state index contributed by atoms with van der Waals surface area (Å²) in [6, 6.07) is 5.13. The molecule has 0 aromatic heterocycles. The predicted molar refractivity (Wildman–Crippen MR) is 78.5 cm³/mol. The summed E-state index contributed by atoms with van der Waals surface area (Å²) < 4.78 is 18.9. The van der Waals surface area contributed by atoms with E-state index < -0.39 is 0 Å². The lowest BCUT2D eigenvalue weighted by molar-refractivity contribution is 0.218. The largest absolute Gasteiger partial charge is 0.496 e. The molecular formula is C14H21FN2OS. The Kier molecular flexibility index (Phi) is 5.07. The van der Waals surface area contributed by atoms with E-state index >= 15 is 0 Å². The molecule has 2 atom stereocenters. The minimum atomic E-state index is -0.220. The Hall–Kier alpha value is -0.780. The molecule has 0 radical (unpaired) electrons. The lowest BCUT2D eigenvalue weighted by Crippen LogP contribution is -2.47. The van der Waals surface area contributed by atoms with Crippen LogP contribution in [0.5, 0.6) is 5.75 Å². The SMILES string of the molecule is CNC(c1cc(F)ccc1OC)C1CSCCN1C. The Morgan fingerprint density at radius 1 is 1.53 bits per heavy atom. The van der Waals surface area contributed by atoms with E-state index in [1.54, 1.807) is 19.2 Å². The highest BCUT2D eigenvalue weighted by molar-refractivity contribution is 7.99. The Balaban J connectivity index is 2.32. The molecule has 0 spiro atoms. The number of likely N-dealkylation sites (N-methyl/N-ethyl adjacent to an activating group) is 2. The smallest absolute Gasteiger partial charge is 0.123 e. The van der Waals surface area contributed by atoms with Gasteiger partial charge in [-0.25, -0.2) is 4.39 Å². The van der Waals surface area contributed by atoms with Crippen LogP contribution in [0.4, 0.5) is 4.39 Å². The topological polar surface area (TPSA) is 24.5 Å². The molecule has 19 heavy (non-hydrogen) atoms. The number of hydrogen-bond donors (Lipinski definition) is 1. The van der Waals surface area contributed by atoms with Gasteiger partial charge in [-0.15, -0.1) is 0 Å². The van der Waals surface area contributed by atoms with Crippen molar-refractivity contribution >= 4 is 11.8 Å². The van der Waals surface area contributed by atoms with E-state index in [0.29, 0.717) is 6.04 Å². The first-order valence-electron chi connectivity index (χ1n) is 6.46. The number of halogens is 1. The van der Waals surface area contributed by atoms with Crippen molar-refractivity contribution in [2.45, 2.75) is 12.1 Å². The number of rotatable bonds is 4. The number of thioether (sulfide) groups is 1. The zero-order chi connectivity index (χ0) is 13.8. The van der Waals surface area contributed by atoms with Crippen molar-refractivity contribution in [1.82, 2.24) is 10.2 Å². The van der Waals surface area contributed by atoms with Crippen LogP contribution in [-0.4, -0.2) is 50.2 Å².